The molecule has 0 aliphatic heterocycles. The van der Waals surface area contributed by atoms with Crippen LogP contribution in [0.5, 0.6) is 17.2 Å². The summed E-state index contributed by atoms with van der Waals surface area (Å²) in [7, 11) is 0.824. The van der Waals surface area contributed by atoms with Crippen LogP contribution in [0, 0.1) is 12.7 Å². The SMILES string of the molecule is COc1cc(CCNS(=O)(=O)c2ccc(F)c(C)c2)cc(OC)c1OC. The monoisotopic (exact) mass is 383 g/mol. The fraction of sp³-hybridized carbons (Fsp3) is 0.333. The minimum Gasteiger partial charge on any atom is -0.493 e. The van der Waals surface area contributed by atoms with Crippen LogP contribution in [-0.2, 0) is 16.4 Å². The van der Waals surface area contributed by atoms with Gasteiger partial charge in [0.15, 0.2) is 11.5 Å². The van der Waals surface area contributed by atoms with Crippen LogP contribution in [-0.4, -0.2) is 36.3 Å². The molecule has 0 unspecified atom stereocenters. The highest BCUT2D eigenvalue weighted by Crippen LogP contribution is 2.38. The molecule has 0 aliphatic carbocycles. The number of methoxy groups -OCH3 is 3. The minimum absolute atomic E-state index is 0.0290. The van der Waals surface area contributed by atoms with E-state index in [0.29, 0.717) is 23.7 Å². The molecule has 2 aromatic carbocycles. The van der Waals surface area contributed by atoms with Gasteiger partial charge in [0.1, 0.15) is 5.82 Å². The molecule has 0 bridgehead atoms. The van der Waals surface area contributed by atoms with Gasteiger partial charge in [0.05, 0.1) is 26.2 Å². The molecule has 0 amide bonds. The molecule has 6 nitrogen and oxygen atoms in total. The molecule has 0 saturated carbocycles. The lowest BCUT2D eigenvalue weighted by molar-refractivity contribution is 0.324. The predicted molar refractivity (Wildman–Crippen MR) is 96.1 cm³/mol. The average Bonchev–Trinajstić information content (AvgIpc) is 2.62. The summed E-state index contributed by atoms with van der Waals surface area (Å²) in [6, 6.07) is 7.21. The normalized spacial score (nSPS) is 11.3. The predicted octanol–water partition coefficient (Wildman–Crippen LogP) is 2.68. The molecule has 142 valence electrons. The fourth-order valence-corrected chi connectivity index (χ4v) is 3.59. The summed E-state index contributed by atoms with van der Waals surface area (Å²) in [5.74, 6) is 1.03. The van der Waals surface area contributed by atoms with Gasteiger partial charge in [-0.3, -0.25) is 0 Å². The summed E-state index contributed by atoms with van der Waals surface area (Å²) in [5, 5.41) is 0. The second kappa shape index (κ2) is 8.37. The molecular formula is C18H22FNO5S. The zero-order valence-electron chi connectivity index (χ0n) is 15.1. The van der Waals surface area contributed by atoms with Gasteiger partial charge in [-0.15, -0.1) is 0 Å². The molecule has 0 fully saturated rings. The van der Waals surface area contributed by atoms with Crippen molar-refractivity contribution in [2.24, 2.45) is 0 Å². The Morgan fingerprint density at radius 1 is 1.00 bits per heavy atom. The summed E-state index contributed by atoms with van der Waals surface area (Å²) >= 11 is 0. The number of ether oxygens (including phenoxy) is 3. The van der Waals surface area contributed by atoms with Crippen molar-refractivity contribution in [1.82, 2.24) is 4.72 Å². The summed E-state index contributed by atoms with van der Waals surface area (Å²) in [5.41, 5.74) is 1.09. The maximum Gasteiger partial charge on any atom is 0.240 e. The number of sulfonamides is 1. The summed E-state index contributed by atoms with van der Waals surface area (Å²) in [6.07, 6.45) is 0.413. The highest BCUT2D eigenvalue weighted by molar-refractivity contribution is 7.89. The van der Waals surface area contributed by atoms with Gasteiger partial charge in [-0.1, -0.05) is 0 Å². The van der Waals surface area contributed by atoms with Crippen molar-refractivity contribution in [3.8, 4) is 17.2 Å². The van der Waals surface area contributed by atoms with E-state index in [1.54, 1.807) is 12.1 Å². The van der Waals surface area contributed by atoms with E-state index in [-0.39, 0.29) is 17.0 Å². The lowest BCUT2D eigenvalue weighted by atomic mass is 10.1. The number of nitrogens with one attached hydrogen (secondary N) is 1. The van der Waals surface area contributed by atoms with Crippen LogP contribution in [0.1, 0.15) is 11.1 Å². The Kier molecular flexibility index (Phi) is 6.44. The van der Waals surface area contributed by atoms with Crippen LogP contribution in [0.2, 0.25) is 0 Å². The Morgan fingerprint density at radius 2 is 1.62 bits per heavy atom. The zero-order chi connectivity index (χ0) is 19.3. The Balaban J connectivity index is 2.12. The molecule has 0 atom stereocenters. The molecule has 0 radical (unpaired) electrons. The van der Waals surface area contributed by atoms with Crippen molar-refractivity contribution in [2.75, 3.05) is 27.9 Å². The van der Waals surface area contributed by atoms with Gasteiger partial charge in [-0.2, -0.15) is 0 Å². The van der Waals surface area contributed by atoms with E-state index in [4.69, 9.17) is 14.2 Å². The fourth-order valence-electron chi connectivity index (χ4n) is 2.48. The molecule has 1 N–H and O–H groups in total. The van der Waals surface area contributed by atoms with Gasteiger partial charge in [0, 0.05) is 6.54 Å². The van der Waals surface area contributed by atoms with Crippen LogP contribution in [0.3, 0.4) is 0 Å². The van der Waals surface area contributed by atoms with Crippen LogP contribution >= 0.6 is 0 Å². The largest absolute Gasteiger partial charge is 0.493 e. The number of halogens is 1. The molecule has 26 heavy (non-hydrogen) atoms. The summed E-state index contributed by atoms with van der Waals surface area (Å²) in [6.45, 7) is 1.68. The topological polar surface area (TPSA) is 73.9 Å². The van der Waals surface area contributed by atoms with Crippen molar-refractivity contribution < 1.29 is 27.0 Å². The first-order chi connectivity index (χ1) is 12.3. The summed E-state index contributed by atoms with van der Waals surface area (Å²) < 4.78 is 56.3. The Bertz CT molecular complexity index is 858. The number of aryl methyl sites for hydroxylation is 1. The minimum atomic E-state index is -3.72. The zero-order valence-corrected chi connectivity index (χ0v) is 15.9. The van der Waals surface area contributed by atoms with E-state index in [2.05, 4.69) is 4.72 Å². The third-order valence-corrected chi connectivity index (χ3v) is 5.33. The van der Waals surface area contributed by atoms with E-state index in [1.807, 2.05) is 0 Å². The van der Waals surface area contributed by atoms with E-state index in [9.17, 15) is 12.8 Å². The number of rotatable bonds is 8. The maximum absolute atomic E-state index is 13.3. The van der Waals surface area contributed by atoms with E-state index in [1.165, 1.54) is 40.4 Å². The maximum atomic E-state index is 13.3. The third kappa shape index (κ3) is 4.44. The quantitative estimate of drug-likeness (QED) is 0.759. The van der Waals surface area contributed by atoms with Crippen molar-refractivity contribution in [3.63, 3.8) is 0 Å². The van der Waals surface area contributed by atoms with E-state index < -0.39 is 15.8 Å². The van der Waals surface area contributed by atoms with Crippen LogP contribution in [0.25, 0.3) is 0 Å². The van der Waals surface area contributed by atoms with Crippen molar-refractivity contribution in [1.29, 1.82) is 0 Å². The standard InChI is InChI=1S/C18H22FNO5S/c1-12-9-14(5-6-15(12)19)26(21,22)20-8-7-13-10-16(23-2)18(25-4)17(11-13)24-3/h5-6,9-11,20H,7-8H2,1-4H3. The molecule has 0 aliphatic rings. The number of hydrogen-bond donors (Lipinski definition) is 1. The first kappa shape index (κ1) is 20.0. The Hall–Kier alpha value is -2.32. The van der Waals surface area contributed by atoms with Gasteiger partial charge in [-0.25, -0.2) is 17.5 Å². The van der Waals surface area contributed by atoms with Crippen LogP contribution in [0.15, 0.2) is 35.2 Å². The average molecular weight is 383 g/mol. The Labute approximate surface area is 152 Å². The van der Waals surface area contributed by atoms with Gasteiger partial charge < -0.3 is 14.2 Å². The molecule has 8 heteroatoms. The number of benzene rings is 2. The molecule has 2 rings (SSSR count). The smallest absolute Gasteiger partial charge is 0.240 e. The summed E-state index contributed by atoms with van der Waals surface area (Å²) in [4.78, 5) is 0.0290. The lowest BCUT2D eigenvalue weighted by Gasteiger charge is -2.14. The van der Waals surface area contributed by atoms with Crippen LogP contribution < -0.4 is 18.9 Å². The lowest BCUT2D eigenvalue weighted by Crippen LogP contribution is -2.26. The number of hydrogen-bond acceptors (Lipinski definition) is 5. The van der Waals surface area contributed by atoms with E-state index >= 15 is 0 Å². The first-order valence-corrected chi connectivity index (χ1v) is 9.35. The highest BCUT2D eigenvalue weighted by Gasteiger charge is 2.16. The Morgan fingerprint density at radius 3 is 2.12 bits per heavy atom. The van der Waals surface area contributed by atoms with E-state index in [0.717, 1.165) is 11.6 Å². The molecule has 0 heterocycles. The van der Waals surface area contributed by atoms with Crippen molar-refractivity contribution in [2.45, 2.75) is 18.2 Å². The van der Waals surface area contributed by atoms with Gasteiger partial charge >= 0.3 is 0 Å². The third-order valence-electron chi connectivity index (χ3n) is 3.87. The van der Waals surface area contributed by atoms with Crippen molar-refractivity contribution >= 4 is 10.0 Å². The first-order valence-electron chi connectivity index (χ1n) is 7.87. The van der Waals surface area contributed by atoms with Gasteiger partial charge in [0.2, 0.25) is 15.8 Å². The molecule has 0 saturated heterocycles. The molecular weight excluding hydrogens is 361 g/mol. The molecule has 0 aromatic heterocycles. The second-order valence-electron chi connectivity index (χ2n) is 5.59. The second-order valence-corrected chi connectivity index (χ2v) is 7.36. The van der Waals surface area contributed by atoms with Crippen LogP contribution in [0.4, 0.5) is 4.39 Å². The van der Waals surface area contributed by atoms with Gasteiger partial charge in [0.25, 0.3) is 0 Å². The molecule has 0 spiro atoms. The van der Waals surface area contributed by atoms with Gasteiger partial charge in [-0.05, 0) is 54.8 Å². The molecule has 2 aromatic rings. The highest BCUT2D eigenvalue weighted by atomic mass is 32.2. The van der Waals surface area contributed by atoms with Crippen molar-refractivity contribution in [3.05, 3.63) is 47.3 Å².